The van der Waals surface area contributed by atoms with Crippen molar-refractivity contribution in [3.8, 4) is 0 Å². The molecule has 0 spiro atoms. The molecule has 1 aromatic heterocycles. The summed E-state index contributed by atoms with van der Waals surface area (Å²) in [5, 5.41) is 4.99. The van der Waals surface area contributed by atoms with Crippen molar-refractivity contribution >= 4 is 43.0 Å². The molecule has 3 aromatic rings. The number of halogens is 1. The number of fused-ring (bicyclic) bond motifs is 1. The highest BCUT2D eigenvalue weighted by Gasteiger charge is 2.14. The van der Waals surface area contributed by atoms with Crippen LogP contribution in [0.3, 0.4) is 0 Å². The first-order chi connectivity index (χ1) is 10.1. The molecule has 1 atom stereocenters. The van der Waals surface area contributed by atoms with Crippen LogP contribution < -0.4 is 5.32 Å². The monoisotopic (exact) mass is 359 g/mol. The van der Waals surface area contributed by atoms with Crippen molar-refractivity contribution in [3.05, 3.63) is 62.9 Å². The molecule has 0 radical (unpaired) electrons. The van der Waals surface area contributed by atoms with E-state index in [1.807, 2.05) is 11.3 Å². The molecule has 2 aromatic carbocycles. The first-order valence-electron chi connectivity index (χ1n) is 7.07. The molecule has 108 valence electrons. The van der Waals surface area contributed by atoms with Crippen molar-refractivity contribution in [2.75, 3.05) is 5.32 Å². The normalized spacial score (nSPS) is 12.6. The lowest BCUT2D eigenvalue weighted by Gasteiger charge is -2.16. The maximum Gasteiger partial charge on any atom is 0.0581 e. The van der Waals surface area contributed by atoms with E-state index in [-0.39, 0.29) is 0 Å². The van der Waals surface area contributed by atoms with Crippen molar-refractivity contribution in [2.45, 2.75) is 26.8 Å². The minimum absolute atomic E-state index is 0.308. The topological polar surface area (TPSA) is 12.0 Å². The summed E-state index contributed by atoms with van der Waals surface area (Å²) in [6.45, 7) is 6.57. The van der Waals surface area contributed by atoms with Gasteiger partial charge in [-0.05, 0) is 61.5 Å². The Morgan fingerprint density at radius 2 is 1.86 bits per heavy atom. The Morgan fingerprint density at radius 3 is 2.57 bits per heavy atom. The summed E-state index contributed by atoms with van der Waals surface area (Å²) in [7, 11) is 0. The predicted molar refractivity (Wildman–Crippen MR) is 97.5 cm³/mol. The molecule has 0 aliphatic rings. The zero-order valence-corrected chi connectivity index (χ0v) is 14.8. The molecule has 3 rings (SSSR count). The first kappa shape index (κ1) is 14.6. The molecule has 0 bridgehead atoms. The van der Waals surface area contributed by atoms with Gasteiger partial charge in [0.1, 0.15) is 0 Å². The van der Waals surface area contributed by atoms with Crippen LogP contribution in [-0.2, 0) is 0 Å². The van der Waals surface area contributed by atoms with Gasteiger partial charge in [0.15, 0.2) is 0 Å². The highest BCUT2D eigenvalue weighted by molar-refractivity contribution is 9.10. The van der Waals surface area contributed by atoms with Gasteiger partial charge in [-0.2, -0.15) is 0 Å². The smallest absolute Gasteiger partial charge is 0.0581 e. The average Bonchev–Trinajstić information content (AvgIpc) is 2.81. The highest BCUT2D eigenvalue weighted by Crippen LogP contribution is 2.36. The second kappa shape index (κ2) is 5.82. The van der Waals surface area contributed by atoms with Crippen LogP contribution in [0, 0.1) is 13.8 Å². The number of nitrogens with one attached hydrogen (secondary N) is 1. The van der Waals surface area contributed by atoms with Crippen LogP contribution in [0.2, 0.25) is 0 Å². The van der Waals surface area contributed by atoms with Gasteiger partial charge in [-0.3, -0.25) is 0 Å². The molecule has 21 heavy (non-hydrogen) atoms. The number of hydrogen-bond donors (Lipinski definition) is 1. The van der Waals surface area contributed by atoms with Crippen LogP contribution in [0.5, 0.6) is 0 Å². The Bertz CT molecular complexity index is 791. The molecule has 0 aliphatic carbocycles. The number of benzene rings is 2. The second-order valence-electron chi connectivity index (χ2n) is 5.42. The summed E-state index contributed by atoms with van der Waals surface area (Å²) in [5.74, 6) is 0. The molecule has 0 fully saturated rings. The van der Waals surface area contributed by atoms with Crippen LogP contribution in [0.15, 0.2) is 46.9 Å². The van der Waals surface area contributed by atoms with Gasteiger partial charge in [-0.25, -0.2) is 0 Å². The van der Waals surface area contributed by atoms with Gasteiger partial charge in [-0.1, -0.05) is 34.1 Å². The zero-order valence-electron chi connectivity index (χ0n) is 12.4. The number of rotatable bonds is 3. The van der Waals surface area contributed by atoms with Gasteiger partial charge >= 0.3 is 0 Å². The van der Waals surface area contributed by atoms with Gasteiger partial charge in [0.05, 0.1) is 6.04 Å². The predicted octanol–water partition coefficient (Wildman–Crippen LogP) is 6.45. The summed E-state index contributed by atoms with van der Waals surface area (Å²) in [6, 6.07) is 15.3. The van der Waals surface area contributed by atoms with Crippen molar-refractivity contribution < 1.29 is 0 Å². The molecule has 0 aliphatic heterocycles. The number of hydrogen-bond acceptors (Lipinski definition) is 2. The lowest BCUT2D eigenvalue weighted by Crippen LogP contribution is -2.06. The van der Waals surface area contributed by atoms with E-state index in [1.165, 1.54) is 31.8 Å². The van der Waals surface area contributed by atoms with E-state index in [1.54, 1.807) is 0 Å². The van der Waals surface area contributed by atoms with Gasteiger partial charge in [-0.15, -0.1) is 11.3 Å². The third-order valence-electron chi connectivity index (χ3n) is 3.81. The van der Waals surface area contributed by atoms with Crippen LogP contribution in [0.1, 0.15) is 29.0 Å². The van der Waals surface area contributed by atoms with E-state index in [0.717, 1.165) is 4.47 Å². The fourth-order valence-corrected chi connectivity index (χ4v) is 4.12. The number of thiophene rings is 1. The van der Waals surface area contributed by atoms with Crippen molar-refractivity contribution in [1.29, 1.82) is 0 Å². The van der Waals surface area contributed by atoms with Crippen LogP contribution in [0.25, 0.3) is 10.1 Å². The van der Waals surface area contributed by atoms with E-state index < -0.39 is 0 Å². The summed E-state index contributed by atoms with van der Waals surface area (Å²) in [4.78, 5) is 1.41. The van der Waals surface area contributed by atoms with E-state index >= 15 is 0 Å². The lowest BCUT2D eigenvalue weighted by molar-refractivity contribution is 0.900. The number of anilines is 1. The Balaban J connectivity index is 1.91. The van der Waals surface area contributed by atoms with Gasteiger partial charge in [0, 0.05) is 19.7 Å². The third kappa shape index (κ3) is 2.85. The maximum absolute atomic E-state index is 3.62. The molecular weight excluding hydrogens is 342 g/mol. The van der Waals surface area contributed by atoms with Crippen LogP contribution in [-0.4, -0.2) is 0 Å². The second-order valence-corrected chi connectivity index (χ2v) is 7.36. The molecule has 0 saturated heterocycles. The summed E-state index contributed by atoms with van der Waals surface area (Å²) in [6.07, 6.45) is 0. The zero-order chi connectivity index (χ0) is 15.0. The molecule has 0 saturated carbocycles. The largest absolute Gasteiger partial charge is 0.378 e. The maximum atomic E-state index is 3.62. The molecule has 1 nitrogen and oxygen atoms in total. The van der Waals surface area contributed by atoms with Crippen LogP contribution >= 0.6 is 27.3 Å². The minimum atomic E-state index is 0.308. The fourth-order valence-electron chi connectivity index (χ4n) is 2.66. The first-order valence-corrected chi connectivity index (χ1v) is 8.68. The quantitative estimate of drug-likeness (QED) is 0.566. The van der Waals surface area contributed by atoms with E-state index in [4.69, 9.17) is 0 Å². The van der Waals surface area contributed by atoms with E-state index in [2.05, 4.69) is 84.5 Å². The molecule has 1 N–H and O–H groups in total. The molecular formula is C18H18BrNS. The summed E-state index contributed by atoms with van der Waals surface area (Å²) >= 11 is 5.44. The molecule has 1 heterocycles. The molecule has 1 unspecified atom stereocenters. The van der Waals surface area contributed by atoms with E-state index in [0.29, 0.717) is 6.04 Å². The van der Waals surface area contributed by atoms with Gasteiger partial charge < -0.3 is 5.32 Å². The molecule has 3 heteroatoms. The minimum Gasteiger partial charge on any atom is -0.378 e. The summed E-state index contributed by atoms with van der Waals surface area (Å²) in [5.41, 5.74) is 3.81. The molecule has 0 amide bonds. The van der Waals surface area contributed by atoms with E-state index in [9.17, 15) is 0 Å². The average molecular weight is 360 g/mol. The van der Waals surface area contributed by atoms with Gasteiger partial charge in [0.25, 0.3) is 0 Å². The highest BCUT2D eigenvalue weighted by atomic mass is 79.9. The summed E-state index contributed by atoms with van der Waals surface area (Å²) < 4.78 is 2.52. The lowest BCUT2D eigenvalue weighted by atomic mass is 10.1. The Kier molecular flexibility index (Phi) is 4.05. The van der Waals surface area contributed by atoms with Gasteiger partial charge in [0.2, 0.25) is 0 Å². The van der Waals surface area contributed by atoms with Crippen LogP contribution in [0.4, 0.5) is 5.69 Å². The van der Waals surface area contributed by atoms with Crippen molar-refractivity contribution in [2.24, 2.45) is 0 Å². The standard InChI is InChI=1S/C18H18BrNS/c1-11-10-14(8-9-16(11)19)20-13(3)18-12(2)15-6-4-5-7-17(15)21-18/h4-10,13,20H,1-3H3. The Labute approximate surface area is 138 Å². The van der Waals surface area contributed by atoms with Crippen molar-refractivity contribution in [1.82, 2.24) is 0 Å². The Morgan fingerprint density at radius 1 is 1.10 bits per heavy atom. The fraction of sp³-hybridized carbons (Fsp3) is 0.222. The number of aryl methyl sites for hydroxylation is 2. The van der Waals surface area contributed by atoms with Crippen molar-refractivity contribution in [3.63, 3.8) is 0 Å². The SMILES string of the molecule is Cc1cc(NC(C)c2sc3ccccc3c2C)ccc1Br. The third-order valence-corrected chi connectivity index (χ3v) is 6.16. The Hall–Kier alpha value is -1.32.